The third-order valence-electron chi connectivity index (χ3n) is 5.30. The highest BCUT2D eigenvalue weighted by molar-refractivity contribution is 9.10. The van der Waals surface area contributed by atoms with E-state index in [-0.39, 0.29) is 17.9 Å². The second-order valence-electron chi connectivity index (χ2n) is 7.48. The van der Waals surface area contributed by atoms with Crippen molar-refractivity contribution in [2.45, 2.75) is 31.7 Å². The Labute approximate surface area is 189 Å². The minimum Gasteiger partial charge on any atom is -0.480 e. The lowest BCUT2D eigenvalue weighted by Crippen LogP contribution is -2.68. The molecule has 0 radical (unpaired) electrons. The number of halogens is 3. The van der Waals surface area contributed by atoms with E-state index >= 15 is 0 Å². The summed E-state index contributed by atoms with van der Waals surface area (Å²) in [7, 11) is 0. The first-order valence-corrected chi connectivity index (χ1v) is 10.4. The quantitative estimate of drug-likeness (QED) is 0.594. The number of nitrogens with zero attached hydrogens (tertiary/aromatic N) is 1. The number of alkyl halides is 2. The van der Waals surface area contributed by atoms with E-state index in [1.54, 1.807) is 31.2 Å². The van der Waals surface area contributed by atoms with Crippen molar-refractivity contribution in [2.24, 2.45) is 5.92 Å². The van der Waals surface area contributed by atoms with Gasteiger partial charge < -0.3 is 19.9 Å². The summed E-state index contributed by atoms with van der Waals surface area (Å²) in [6.45, 7) is 1.56. The molecule has 2 aliphatic rings. The van der Waals surface area contributed by atoms with Crippen molar-refractivity contribution in [1.29, 1.82) is 0 Å². The van der Waals surface area contributed by atoms with Crippen LogP contribution in [0.3, 0.4) is 0 Å². The molecule has 0 aromatic heterocycles. The molecule has 2 N–H and O–H groups in total. The number of carbonyl (C=O) groups excluding carboxylic acids is 2. The molecule has 1 saturated heterocycles. The van der Waals surface area contributed by atoms with E-state index in [0.717, 1.165) is 10.0 Å². The van der Waals surface area contributed by atoms with Gasteiger partial charge in [-0.05, 0) is 48.7 Å². The lowest BCUT2D eigenvalue weighted by molar-refractivity contribution is -0.286. The van der Waals surface area contributed by atoms with Crippen LogP contribution in [0.2, 0.25) is 0 Å². The number of carboxylic acid groups (broad SMARTS) is 1. The Kier molecular flexibility index (Phi) is 5.53. The van der Waals surface area contributed by atoms with Gasteiger partial charge in [-0.3, -0.25) is 4.79 Å². The summed E-state index contributed by atoms with van der Waals surface area (Å²) in [5, 5.41) is 12.1. The number of amides is 3. The summed E-state index contributed by atoms with van der Waals surface area (Å²) in [4.78, 5) is 37.7. The van der Waals surface area contributed by atoms with E-state index in [4.69, 9.17) is 0 Å². The van der Waals surface area contributed by atoms with Crippen molar-refractivity contribution < 1.29 is 37.7 Å². The molecule has 0 unspecified atom stereocenters. The molecule has 3 amide bonds. The number of rotatable bonds is 5. The van der Waals surface area contributed by atoms with E-state index in [1.165, 1.54) is 18.2 Å². The van der Waals surface area contributed by atoms with Gasteiger partial charge in [0, 0.05) is 4.47 Å². The number of β-lactam (4-membered cyclic amide) rings is 1. The van der Waals surface area contributed by atoms with Gasteiger partial charge in [0.25, 0.3) is 0 Å². The number of hydrogen-bond acceptors (Lipinski definition) is 5. The zero-order valence-corrected chi connectivity index (χ0v) is 18.1. The Hall–Kier alpha value is -3.21. The Bertz CT molecular complexity index is 1110. The number of fused-ring (bicyclic) bond motifs is 1. The van der Waals surface area contributed by atoms with Crippen LogP contribution >= 0.6 is 15.9 Å². The van der Waals surface area contributed by atoms with Crippen molar-refractivity contribution in [3.8, 4) is 11.5 Å². The normalized spacial score (nSPS) is 21.6. The predicted molar refractivity (Wildman–Crippen MR) is 109 cm³/mol. The second-order valence-corrected chi connectivity index (χ2v) is 8.39. The summed E-state index contributed by atoms with van der Waals surface area (Å²) >= 11 is 3.33. The van der Waals surface area contributed by atoms with Crippen LogP contribution in [0.4, 0.5) is 13.6 Å². The van der Waals surface area contributed by atoms with Crippen LogP contribution in [0.5, 0.6) is 11.5 Å². The molecule has 8 nitrogen and oxygen atoms in total. The first kappa shape index (κ1) is 22.0. The zero-order valence-electron chi connectivity index (χ0n) is 16.6. The van der Waals surface area contributed by atoms with E-state index in [1.807, 2.05) is 0 Å². The molecule has 0 aliphatic carbocycles. The van der Waals surface area contributed by atoms with Crippen molar-refractivity contribution in [3.05, 3.63) is 58.1 Å². The average Bonchev–Trinajstić information content (AvgIpc) is 3.02. The minimum atomic E-state index is -3.77. The first-order chi connectivity index (χ1) is 15.1. The smallest absolute Gasteiger partial charge is 0.480 e. The summed E-state index contributed by atoms with van der Waals surface area (Å²) < 4.78 is 35.9. The highest BCUT2D eigenvalue weighted by Crippen LogP contribution is 2.42. The molecule has 1 fully saturated rings. The SMILES string of the molecule is C[C@@H](NC(=O)N1C(=O)[C@H](Cc2cccc(Br)c2)[C@H]1C(=O)O)c1ccc2c(c1)OC(F)(F)O2. The Balaban J connectivity index is 1.45. The van der Waals surface area contributed by atoms with Crippen LogP contribution in [0.15, 0.2) is 46.9 Å². The van der Waals surface area contributed by atoms with Crippen molar-refractivity contribution in [1.82, 2.24) is 10.2 Å². The van der Waals surface area contributed by atoms with E-state index in [9.17, 15) is 28.3 Å². The van der Waals surface area contributed by atoms with Crippen molar-refractivity contribution in [2.75, 3.05) is 0 Å². The molecule has 2 heterocycles. The molecule has 3 atom stereocenters. The number of imide groups is 1. The molecule has 0 spiro atoms. The van der Waals surface area contributed by atoms with Gasteiger partial charge in [0.2, 0.25) is 5.91 Å². The fraction of sp³-hybridized carbons (Fsp3) is 0.286. The summed E-state index contributed by atoms with van der Waals surface area (Å²) in [6, 6.07) is 8.21. The van der Waals surface area contributed by atoms with Gasteiger partial charge in [0.1, 0.15) is 0 Å². The molecule has 0 saturated carbocycles. The van der Waals surface area contributed by atoms with Crippen molar-refractivity contribution >= 4 is 33.8 Å². The molecule has 11 heteroatoms. The van der Waals surface area contributed by atoms with Crippen LogP contribution in [-0.2, 0) is 16.0 Å². The number of hydrogen-bond donors (Lipinski definition) is 2. The number of carbonyl (C=O) groups is 3. The molecule has 0 bridgehead atoms. The lowest BCUT2D eigenvalue weighted by atomic mass is 9.82. The van der Waals surface area contributed by atoms with Gasteiger partial charge in [-0.2, -0.15) is 0 Å². The molecule has 2 aromatic rings. The zero-order chi connectivity index (χ0) is 23.2. The first-order valence-electron chi connectivity index (χ1n) is 9.56. The van der Waals surface area contributed by atoms with Gasteiger partial charge in [-0.15, -0.1) is 8.78 Å². The largest absolute Gasteiger partial charge is 0.586 e. The summed E-state index contributed by atoms with van der Waals surface area (Å²) in [5.41, 5.74) is 1.17. The standard InChI is InChI=1S/C21H17BrF2N2O6/c1-10(12-5-6-15-16(9-12)32-21(23,24)31-15)25-20(30)26-17(19(28)29)14(18(26)27)8-11-3-2-4-13(22)7-11/h2-7,9-10,14,17H,8H2,1H3,(H,25,30)(H,28,29)/t10-,14-,17+/m1/s1. The van der Waals surface area contributed by atoms with Crippen LogP contribution in [0.1, 0.15) is 24.1 Å². The van der Waals surface area contributed by atoms with E-state index in [0.29, 0.717) is 10.5 Å². The highest BCUT2D eigenvalue weighted by Gasteiger charge is 2.54. The highest BCUT2D eigenvalue weighted by atomic mass is 79.9. The predicted octanol–water partition coefficient (Wildman–Crippen LogP) is 3.70. The monoisotopic (exact) mass is 510 g/mol. The average molecular weight is 511 g/mol. The maximum atomic E-state index is 13.2. The Morgan fingerprint density at radius 2 is 1.94 bits per heavy atom. The van der Waals surface area contributed by atoms with Crippen LogP contribution < -0.4 is 14.8 Å². The van der Waals surface area contributed by atoms with Crippen LogP contribution in [-0.4, -0.2) is 40.3 Å². The third-order valence-corrected chi connectivity index (χ3v) is 5.79. The molecular weight excluding hydrogens is 494 g/mol. The Morgan fingerprint density at radius 1 is 1.22 bits per heavy atom. The number of aliphatic carboxylic acids is 1. The number of ether oxygens (including phenoxy) is 2. The van der Waals surface area contributed by atoms with E-state index < -0.39 is 42.2 Å². The number of nitrogens with one attached hydrogen (secondary N) is 1. The molecular formula is C21H17BrF2N2O6. The maximum absolute atomic E-state index is 13.2. The molecule has 4 rings (SSSR count). The fourth-order valence-electron chi connectivity index (χ4n) is 3.75. The second kappa shape index (κ2) is 8.05. The molecule has 168 valence electrons. The number of urea groups is 1. The van der Waals surface area contributed by atoms with Crippen LogP contribution in [0.25, 0.3) is 0 Å². The topological polar surface area (TPSA) is 105 Å². The minimum absolute atomic E-state index is 0.142. The van der Waals surface area contributed by atoms with Gasteiger partial charge in [0.05, 0.1) is 12.0 Å². The maximum Gasteiger partial charge on any atom is 0.586 e. The van der Waals surface area contributed by atoms with Crippen molar-refractivity contribution in [3.63, 3.8) is 0 Å². The van der Waals surface area contributed by atoms with Gasteiger partial charge in [-0.1, -0.05) is 34.1 Å². The van der Waals surface area contributed by atoms with E-state index in [2.05, 4.69) is 30.7 Å². The van der Waals surface area contributed by atoms with Gasteiger partial charge in [-0.25, -0.2) is 14.5 Å². The van der Waals surface area contributed by atoms with Gasteiger partial charge in [0.15, 0.2) is 17.5 Å². The molecule has 2 aliphatic heterocycles. The third kappa shape index (κ3) is 4.12. The number of carboxylic acids is 1. The summed E-state index contributed by atoms with van der Waals surface area (Å²) in [6.07, 6.45) is -3.60. The fourth-order valence-corrected chi connectivity index (χ4v) is 4.19. The summed E-state index contributed by atoms with van der Waals surface area (Å²) in [5.74, 6) is -3.11. The number of likely N-dealkylation sites (tertiary alicyclic amines) is 1. The lowest BCUT2D eigenvalue weighted by Gasteiger charge is -2.43. The number of benzene rings is 2. The van der Waals surface area contributed by atoms with Crippen LogP contribution in [0, 0.1) is 5.92 Å². The Morgan fingerprint density at radius 3 is 2.62 bits per heavy atom. The molecule has 32 heavy (non-hydrogen) atoms. The molecule has 2 aromatic carbocycles. The van der Waals surface area contributed by atoms with Gasteiger partial charge >= 0.3 is 18.3 Å².